The van der Waals surface area contributed by atoms with Crippen LogP contribution in [0.1, 0.15) is 37.7 Å². The average Bonchev–Trinajstić information content (AvgIpc) is 2.57. The van der Waals surface area contributed by atoms with E-state index < -0.39 is 0 Å². The first kappa shape index (κ1) is 14.2. The van der Waals surface area contributed by atoms with E-state index in [0.29, 0.717) is 22.9 Å². The molecule has 0 saturated heterocycles. The Bertz CT molecular complexity index is 501. The van der Waals surface area contributed by atoms with E-state index in [1.807, 2.05) is 0 Å². The number of hydrogen-bond acceptors (Lipinski definition) is 3. The molecule has 1 unspecified atom stereocenters. The summed E-state index contributed by atoms with van der Waals surface area (Å²) in [4.78, 5) is 22.7. The molecule has 0 aromatic heterocycles. The zero-order valence-electron chi connectivity index (χ0n) is 10.6. The van der Waals surface area contributed by atoms with Crippen LogP contribution in [0.3, 0.4) is 0 Å². The number of nitro groups is 1. The third kappa shape index (κ3) is 3.62. The van der Waals surface area contributed by atoms with E-state index in [-0.39, 0.29) is 22.3 Å². The smallest absolute Gasteiger partial charge is 0.273 e. The summed E-state index contributed by atoms with van der Waals surface area (Å²) in [5.74, 6) is 0.206. The quantitative estimate of drug-likeness (QED) is 0.478. The van der Waals surface area contributed by atoms with Crippen molar-refractivity contribution in [2.75, 3.05) is 0 Å². The molecule has 2 rings (SSSR count). The summed E-state index contributed by atoms with van der Waals surface area (Å²) in [5.41, 5.74) is 0.764. The SMILES string of the molecule is O=C1CCCCCC1Cc1ccc(Br)cc1[N+](=O)[O-]. The van der Waals surface area contributed by atoms with Gasteiger partial charge in [0.15, 0.2) is 0 Å². The van der Waals surface area contributed by atoms with Crippen molar-refractivity contribution >= 4 is 27.4 Å². The summed E-state index contributed by atoms with van der Waals surface area (Å²) in [7, 11) is 0. The molecule has 0 radical (unpaired) electrons. The number of nitrogens with zero attached hydrogens (tertiary/aromatic N) is 1. The van der Waals surface area contributed by atoms with Gasteiger partial charge in [-0.25, -0.2) is 0 Å². The number of benzene rings is 1. The lowest BCUT2D eigenvalue weighted by Gasteiger charge is -2.13. The summed E-state index contributed by atoms with van der Waals surface area (Å²) in [6.45, 7) is 0. The topological polar surface area (TPSA) is 60.2 Å². The highest BCUT2D eigenvalue weighted by Gasteiger charge is 2.24. The highest BCUT2D eigenvalue weighted by Crippen LogP contribution is 2.29. The van der Waals surface area contributed by atoms with Gasteiger partial charge in [-0.05, 0) is 25.3 Å². The number of carbonyl (C=O) groups is 1. The lowest BCUT2D eigenvalue weighted by molar-refractivity contribution is -0.385. The summed E-state index contributed by atoms with van der Waals surface area (Å²) in [6, 6.07) is 5.06. The van der Waals surface area contributed by atoms with Gasteiger partial charge in [-0.2, -0.15) is 0 Å². The van der Waals surface area contributed by atoms with Crippen LogP contribution in [0.2, 0.25) is 0 Å². The van der Waals surface area contributed by atoms with Crippen LogP contribution in [0.15, 0.2) is 22.7 Å². The molecule has 1 aliphatic carbocycles. The summed E-state index contributed by atoms with van der Waals surface area (Å²) in [5, 5.41) is 11.1. The monoisotopic (exact) mass is 325 g/mol. The number of hydrogen-bond donors (Lipinski definition) is 0. The Kier molecular flexibility index (Phi) is 4.69. The average molecular weight is 326 g/mol. The fraction of sp³-hybridized carbons (Fsp3) is 0.500. The number of rotatable bonds is 3. The predicted octanol–water partition coefficient (Wildman–Crippen LogP) is 4.05. The largest absolute Gasteiger partial charge is 0.299 e. The van der Waals surface area contributed by atoms with Crippen molar-refractivity contribution in [1.29, 1.82) is 0 Å². The van der Waals surface area contributed by atoms with Gasteiger partial charge >= 0.3 is 0 Å². The molecule has 0 heterocycles. The number of Topliss-reactive ketones (excluding diaryl/α,β-unsaturated/α-hetero) is 1. The van der Waals surface area contributed by atoms with Gasteiger partial charge in [0.05, 0.1) is 4.92 Å². The minimum absolute atomic E-state index is 0.0534. The van der Waals surface area contributed by atoms with Gasteiger partial charge in [-0.3, -0.25) is 14.9 Å². The molecule has 1 aromatic carbocycles. The molecule has 102 valence electrons. The van der Waals surface area contributed by atoms with Gasteiger partial charge in [0, 0.05) is 28.4 Å². The fourth-order valence-electron chi connectivity index (χ4n) is 2.59. The Hall–Kier alpha value is -1.23. The molecular weight excluding hydrogens is 310 g/mol. The van der Waals surface area contributed by atoms with Gasteiger partial charge in [0.2, 0.25) is 0 Å². The molecule has 1 saturated carbocycles. The summed E-state index contributed by atoms with van der Waals surface area (Å²) < 4.78 is 0.690. The van der Waals surface area contributed by atoms with Crippen molar-refractivity contribution < 1.29 is 9.72 Å². The normalized spacial score (nSPS) is 20.1. The second kappa shape index (κ2) is 6.28. The first-order valence-corrected chi connectivity index (χ1v) is 7.33. The Morgan fingerprint density at radius 1 is 1.32 bits per heavy atom. The fourth-order valence-corrected chi connectivity index (χ4v) is 2.94. The first-order valence-electron chi connectivity index (χ1n) is 6.53. The van der Waals surface area contributed by atoms with Crippen molar-refractivity contribution in [2.45, 2.75) is 38.5 Å². The minimum Gasteiger partial charge on any atom is -0.299 e. The lowest BCUT2D eigenvalue weighted by Crippen LogP contribution is -2.16. The van der Waals surface area contributed by atoms with E-state index in [0.717, 1.165) is 25.7 Å². The molecule has 0 aliphatic heterocycles. The predicted molar refractivity (Wildman–Crippen MR) is 76.1 cm³/mol. The molecule has 0 amide bonds. The Labute approximate surface area is 120 Å². The van der Waals surface area contributed by atoms with Gasteiger partial charge < -0.3 is 0 Å². The molecule has 19 heavy (non-hydrogen) atoms. The van der Waals surface area contributed by atoms with E-state index in [4.69, 9.17) is 0 Å². The zero-order valence-corrected chi connectivity index (χ0v) is 12.2. The van der Waals surface area contributed by atoms with Crippen LogP contribution in [-0.2, 0) is 11.2 Å². The van der Waals surface area contributed by atoms with Crippen LogP contribution in [0.25, 0.3) is 0 Å². The Morgan fingerprint density at radius 2 is 2.11 bits per heavy atom. The summed E-state index contributed by atoms with van der Waals surface area (Å²) >= 11 is 3.24. The van der Waals surface area contributed by atoms with E-state index in [1.54, 1.807) is 12.1 Å². The third-order valence-corrected chi connectivity index (χ3v) is 4.13. The van der Waals surface area contributed by atoms with Crippen molar-refractivity contribution in [3.05, 3.63) is 38.3 Å². The highest BCUT2D eigenvalue weighted by molar-refractivity contribution is 9.10. The summed E-state index contributed by atoms with van der Waals surface area (Å²) in [6.07, 6.45) is 5.05. The molecule has 4 nitrogen and oxygen atoms in total. The number of halogens is 1. The zero-order chi connectivity index (χ0) is 13.8. The molecule has 1 atom stereocenters. The second-order valence-electron chi connectivity index (χ2n) is 5.00. The van der Waals surface area contributed by atoms with Gasteiger partial charge in [0.1, 0.15) is 5.78 Å². The van der Waals surface area contributed by atoms with Gasteiger partial charge in [-0.1, -0.05) is 34.8 Å². The first-order chi connectivity index (χ1) is 9.08. The Balaban J connectivity index is 2.22. The Morgan fingerprint density at radius 3 is 2.84 bits per heavy atom. The van der Waals surface area contributed by atoms with E-state index in [1.165, 1.54) is 6.07 Å². The second-order valence-corrected chi connectivity index (χ2v) is 5.91. The van der Waals surface area contributed by atoms with Crippen molar-refractivity contribution in [2.24, 2.45) is 5.92 Å². The van der Waals surface area contributed by atoms with Crippen LogP contribution < -0.4 is 0 Å². The van der Waals surface area contributed by atoms with E-state index in [9.17, 15) is 14.9 Å². The molecule has 1 aromatic rings. The molecular formula is C14H16BrNO3. The third-order valence-electron chi connectivity index (χ3n) is 3.64. The van der Waals surface area contributed by atoms with Crippen molar-refractivity contribution in [1.82, 2.24) is 0 Å². The molecule has 1 aliphatic rings. The molecule has 0 N–H and O–H groups in total. The minimum atomic E-state index is -0.374. The number of nitro benzene ring substituents is 1. The molecule has 0 spiro atoms. The van der Waals surface area contributed by atoms with Crippen molar-refractivity contribution in [3.63, 3.8) is 0 Å². The van der Waals surface area contributed by atoms with Crippen LogP contribution in [0, 0.1) is 16.0 Å². The lowest BCUT2D eigenvalue weighted by atomic mass is 9.91. The number of carbonyl (C=O) groups excluding carboxylic acids is 1. The standard InChI is InChI=1S/C14H16BrNO3/c15-12-7-6-10(13(9-12)16(18)19)8-11-4-2-1-3-5-14(11)17/h6-7,9,11H,1-5,8H2. The maximum Gasteiger partial charge on any atom is 0.273 e. The van der Waals surface area contributed by atoms with Crippen LogP contribution >= 0.6 is 15.9 Å². The van der Waals surface area contributed by atoms with Crippen molar-refractivity contribution in [3.8, 4) is 0 Å². The maximum atomic E-state index is 12.0. The maximum absolute atomic E-state index is 12.0. The molecule has 0 bridgehead atoms. The highest BCUT2D eigenvalue weighted by atomic mass is 79.9. The van der Waals surface area contributed by atoms with E-state index >= 15 is 0 Å². The van der Waals surface area contributed by atoms with Crippen LogP contribution in [-0.4, -0.2) is 10.7 Å². The van der Waals surface area contributed by atoms with Gasteiger partial charge in [0.25, 0.3) is 5.69 Å². The number of ketones is 1. The molecule has 1 fully saturated rings. The van der Waals surface area contributed by atoms with Crippen LogP contribution in [0.4, 0.5) is 5.69 Å². The molecule has 5 heteroatoms. The van der Waals surface area contributed by atoms with Crippen LogP contribution in [0.5, 0.6) is 0 Å². The van der Waals surface area contributed by atoms with E-state index in [2.05, 4.69) is 15.9 Å². The van der Waals surface area contributed by atoms with Gasteiger partial charge in [-0.15, -0.1) is 0 Å².